The Morgan fingerprint density at radius 1 is 1.27 bits per heavy atom. The van der Waals surface area contributed by atoms with Crippen molar-refractivity contribution in [2.45, 2.75) is 19.9 Å². The molecule has 1 aliphatic heterocycles. The summed E-state index contributed by atoms with van der Waals surface area (Å²) in [7, 11) is 0. The smallest absolute Gasteiger partial charge is 0.340 e. The number of amides is 2. The van der Waals surface area contributed by atoms with Gasteiger partial charge in [0.15, 0.2) is 5.65 Å². The summed E-state index contributed by atoms with van der Waals surface area (Å²) in [4.78, 5) is 36.1. The summed E-state index contributed by atoms with van der Waals surface area (Å²) in [5.74, 6) is -1.19. The van der Waals surface area contributed by atoms with Gasteiger partial charge in [0.1, 0.15) is 12.9 Å². The molecule has 0 aromatic carbocycles. The van der Waals surface area contributed by atoms with Crippen LogP contribution in [0, 0.1) is 0 Å². The number of aromatic nitrogens is 3. The minimum Gasteiger partial charge on any atom is -0.463 e. The molecule has 0 bridgehead atoms. The van der Waals surface area contributed by atoms with E-state index in [1.165, 1.54) is 12.5 Å². The van der Waals surface area contributed by atoms with E-state index in [0.717, 1.165) is 0 Å². The zero-order valence-corrected chi connectivity index (χ0v) is 14.2. The van der Waals surface area contributed by atoms with Crippen LogP contribution in [0.25, 0.3) is 5.65 Å². The van der Waals surface area contributed by atoms with Gasteiger partial charge in [0.25, 0.3) is 0 Å². The fraction of sp³-hybridized carbons (Fsp3) is 0.312. The summed E-state index contributed by atoms with van der Waals surface area (Å²) in [5, 5.41) is 12.6. The van der Waals surface area contributed by atoms with Gasteiger partial charge < -0.3 is 20.1 Å². The van der Waals surface area contributed by atoms with Crippen molar-refractivity contribution in [3.63, 3.8) is 0 Å². The largest absolute Gasteiger partial charge is 0.463 e. The first-order valence-corrected chi connectivity index (χ1v) is 7.93. The van der Waals surface area contributed by atoms with Gasteiger partial charge >= 0.3 is 18.0 Å². The van der Waals surface area contributed by atoms with Crippen LogP contribution in [0.1, 0.15) is 24.2 Å². The van der Waals surface area contributed by atoms with Gasteiger partial charge in [-0.25, -0.2) is 14.4 Å². The predicted octanol–water partition coefficient (Wildman–Crippen LogP) is 0.405. The number of pyridine rings is 1. The van der Waals surface area contributed by atoms with Crippen LogP contribution in [-0.4, -0.2) is 51.8 Å². The van der Waals surface area contributed by atoms with Crippen molar-refractivity contribution in [3.8, 4) is 0 Å². The van der Waals surface area contributed by atoms with Gasteiger partial charge in [-0.05, 0) is 26.0 Å². The van der Waals surface area contributed by atoms with E-state index in [2.05, 4.69) is 20.8 Å². The van der Waals surface area contributed by atoms with Crippen molar-refractivity contribution in [2.75, 3.05) is 13.2 Å². The van der Waals surface area contributed by atoms with E-state index >= 15 is 0 Å². The Balaban J connectivity index is 1.78. The molecule has 3 heterocycles. The molecule has 10 heteroatoms. The van der Waals surface area contributed by atoms with Gasteiger partial charge in [-0.2, -0.15) is 0 Å². The third-order valence-corrected chi connectivity index (χ3v) is 3.74. The molecule has 0 aliphatic carbocycles. The average molecular weight is 359 g/mol. The fourth-order valence-electron chi connectivity index (χ4n) is 2.56. The molecule has 0 spiro atoms. The Bertz CT molecular complexity index is 903. The maximum Gasteiger partial charge on any atom is 0.340 e. The zero-order valence-electron chi connectivity index (χ0n) is 14.2. The summed E-state index contributed by atoms with van der Waals surface area (Å²) in [6.45, 7) is 3.24. The molecule has 0 saturated heterocycles. The van der Waals surface area contributed by atoms with Crippen molar-refractivity contribution in [1.29, 1.82) is 0 Å². The molecule has 26 heavy (non-hydrogen) atoms. The van der Waals surface area contributed by atoms with Crippen molar-refractivity contribution < 1.29 is 23.9 Å². The highest BCUT2D eigenvalue weighted by Crippen LogP contribution is 2.15. The van der Waals surface area contributed by atoms with Crippen LogP contribution >= 0.6 is 0 Å². The number of rotatable bonds is 5. The molecule has 2 aromatic heterocycles. The Labute approximate surface area is 148 Å². The van der Waals surface area contributed by atoms with E-state index in [1.807, 2.05) is 0 Å². The lowest BCUT2D eigenvalue weighted by molar-refractivity contribution is -0.139. The van der Waals surface area contributed by atoms with Gasteiger partial charge in [0.2, 0.25) is 0 Å². The van der Waals surface area contributed by atoms with E-state index < -0.39 is 24.0 Å². The Morgan fingerprint density at radius 2 is 2.08 bits per heavy atom. The fourth-order valence-corrected chi connectivity index (χ4v) is 2.56. The second kappa shape index (κ2) is 7.21. The van der Waals surface area contributed by atoms with E-state index in [-0.39, 0.29) is 30.0 Å². The van der Waals surface area contributed by atoms with Crippen molar-refractivity contribution in [3.05, 3.63) is 41.5 Å². The Hall–Kier alpha value is -3.43. The number of nitrogens with one attached hydrogen (secondary N) is 2. The molecular weight excluding hydrogens is 342 g/mol. The van der Waals surface area contributed by atoms with Crippen LogP contribution in [-0.2, 0) is 14.3 Å². The Morgan fingerprint density at radius 3 is 2.85 bits per heavy atom. The second-order valence-corrected chi connectivity index (χ2v) is 5.52. The van der Waals surface area contributed by atoms with Crippen molar-refractivity contribution in [2.24, 2.45) is 0 Å². The van der Waals surface area contributed by atoms with E-state index in [1.54, 1.807) is 30.4 Å². The van der Waals surface area contributed by atoms with Crippen LogP contribution in [0.3, 0.4) is 0 Å². The molecule has 0 fully saturated rings. The third-order valence-electron chi connectivity index (χ3n) is 3.74. The SMILES string of the molecule is CCOC(=O)C1=C(COC(=O)c2ccc3nncn3c2)NC(=O)NC1C. The second-order valence-electron chi connectivity index (χ2n) is 5.52. The lowest BCUT2D eigenvalue weighted by Gasteiger charge is -2.26. The third kappa shape index (κ3) is 3.48. The molecule has 136 valence electrons. The average Bonchev–Trinajstić information content (AvgIpc) is 3.06. The van der Waals surface area contributed by atoms with Crippen molar-refractivity contribution >= 4 is 23.6 Å². The molecule has 2 aromatic rings. The highest BCUT2D eigenvalue weighted by molar-refractivity contribution is 5.95. The number of fused-ring (bicyclic) bond motifs is 1. The van der Waals surface area contributed by atoms with Crippen LogP contribution in [0.15, 0.2) is 35.9 Å². The number of hydrogen-bond acceptors (Lipinski definition) is 7. The maximum atomic E-state index is 12.3. The standard InChI is InChI=1S/C16H17N5O5/c1-3-25-15(23)13-9(2)18-16(24)19-11(13)7-26-14(22)10-4-5-12-20-17-8-21(12)6-10/h4-6,8-9H,3,7H2,1-2H3,(H2,18,19,24). The molecule has 2 amide bonds. The van der Waals surface area contributed by atoms with Gasteiger partial charge in [0, 0.05) is 6.20 Å². The molecule has 10 nitrogen and oxygen atoms in total. The van der Waals surface area contributed by atoms with Crippen LogP contribution in [0.2, 0.25) is 0 Å². The van der Waals surface area contributed by atoms with Crippen LogP contribution < -0.4 is 10.6 Å². The number of ether oxygens (including phenoxy) is 2. The topological polar surface area (TPSA) is 124 Å². The zero-order chi connectivity index (χ0) is 18.7. The molecule has 0 radical (unpaired) electrons. The first-order valence-electron chi connectivity index (χ1n) is 7.93. The van der Waals surface area contributed by atoms with E-state index in [9.17, 15) is 14.4 Å². The van der Waals surface area contributed by atoms with Gasteiger partial charge in [-0.15, -0.1) is 10.2 Å². The molecule has 1 aliphatic rings. The molecule has 1 atom stereocenters. The highest BCUT2D eigenvalue weighted by Gasteiger charge is 2.30. The van der Waals surface area contributed by atoms with Gasteiger partial charge in [-0.3, -0.25) is 4.40 Å². The van der Waals surface area contributed by atoms with Crippen LogP contribution in [0.5, 0.6) is 0 Å². The van der Waals surface area contributed by atoms with Crippen molar-refractivity contribution in [1.82, 2.24) is 25.2 Å². The van der Waals surface area contributed by atoms with Crippen LogP contribution in [0.4, 0.5) is 4.79 Å². The minimum atomic E-state index is -0.614. The first kappa shape index (κ1) is 17.4. The quantitative estimate of drug-likeness (QED) is 0.741. The summed E-state index contributed by atoms with van der Waals surface area (Å²) >= 11 is 0. The van der Waals surface area contributed by atoms with E-state index in [4.69, 9.17) is 9.47 Å². The number of nitrogens with zero attached hydrogens (tertiary/aromatic N) is 3. The Kier molecular flexibility index (Phi) is 4.83. The lowest BCUT2D eigenvalue weighted by atomic mass is 10.0. The number of hydrogen-bond donors (Lipinski definition) is 2. The predicted molar refractivity (Wildman–Crippen MR) is 88.1 cm³/mol. The molecule has 2 N–H and O–H groups in total. The monoisotopic (exact) mass is 359 g/mol. The summed E-state index contributed by atoms with van der Waals surface area (Å²) < 4.78 is 11.8. The summed E-state index contributed by atoms with van der Waals surface area (Å²) in [6.07, 6.45) is 2.99. The van der Waals surface area contributed by atoms with Gasteiger partial charge in [0.05, 0.1) is 29.5 Å². The minimum absolute atomic E-state index is 0.190. The van der Waals surface area contributed by atoms with Gasteiger partial charge in [-0.1, -0.05) is 0 Å². The molecule has 3 rings (SSSR count). The lowest BCUT2D eigenvalue weighted by Crippen LogP contribution is -2.50. The number of carbonyl (C=O) groups excluding carboxylic acids is 3. The molecule has 1 unspecified atom stereocenters. The molecule has 0 saturated carbocycles. The molecular formula is C16H17N5O5. The number of carbonyl (C=O) groups is 3. The summed E-state index contributed by atoms with van der Waals surface area (Å²) in [5.41, 5.74) is 1.28. The summed E-state index contributed by atoms with van der Waals surface area (Å²) in [6, 6.07) is 2.13. The maximum absolute atomic E-state index is 12.3. The number of urea groups is 1. The van der Waals surface area contributed by atoms with E-state index in [0.29, 0.717) is 5.65 Å². The first-order chi connectivity index (χ1) is 12.5. The highest BCUT2D eigenvalue weighted by atomic mass is 16.5. The number of esters is 2. The normalized spacial score (nSPS) is 16.8.